The molecule has 60 valence electrons. The van der Waals surface area contributed by atoms with Gasteiger partial charge in [-0.3, -0.25) is 0 Å². The first-order valence-electron chi connectivity index (χ1n) is 4.32. The van der Waals surface area contributed by atoms with E-state index in [1.165, 1.54) is 0 Å². The lowest BCUT2D eigenvalue weighted by Gasteiger charge is -2.15. The van der Waals surface area contributed by atoms with Crippen molar-refractivity contribution in [2.24, 2.45) is 23.7 Å². The van der Waals surface area contributed by atoms with Crippen LogP contribution < -0.4 is 0 Å². The molecule has 0 aromatic carbocycles. The molecule has 0 spiro atoms. The normalized spacial score (nSPS) is 58.8. The Balaban J connectivity index is 1.99. The van der Waals surface area contributed by atoms with Crippen LogP contribution in [0.3, 0.4) is 0 Å². The number of hydrogen-bond donors (Lipinski definition) is 1. The number of fused-ring (bicyclic) bond motifs is 5. The first-order chi connectivity index (χ1) is 5.38. The second-order valence-electron chi connectivity index (χ2n) is 3.90. The first kappa shape index (κ1) is 6.21. The van der Waals surface area contributed by atoms with Gasteiger partial charge < -0.3 is 9.84 Å². The van der Waals surface area contributed by atoms with Crippen LogP contribution >= 0.6 is 0 Å². The van der Waals surface area contributed by atoms with Crippen molar-refractivity contribution in [3.63, 3.8) is 0 Å². The second kappa shape index (κ2) is 1.87. The summed E-state index contributed by atoms with van der Waals surface area (Å²) in [5.41, 5.74) is 0. The Bertz CT molecular complexity index is 192. The largest absolute Gasteiger partial charge is 0.392 e. The molecule has 3 aliphatic rings. The highest BCUT2D eigenvalue weighted by Crippen LogP contribution is 2.50. The number of aliphatic hydroxyl groups excluding tert-OH is 1. The van der Waals surface area contributed by atoms with Crippen LogP contribution in [0.4, 0.5) is 0 Å². The third kappa shape index (κ3) is 0.603. The van der Waals surface area contributed by atoms with E-state index in [-0.39, 0.29) is 6.10 Å². The molecule has 4 atom stereocenters. The van der Waals surface area contributed by atoms with E-state index >= 15 is 0 Å². The Morgan fingerprint density at radius 1 is 1.09 bits per heavy atom. The zero-order chi connectivity index (χ0) is 7.42. The Labute approximate surface area is 65.9 Å². The van der Waals surface area contributed by atoms with Gasteiger partial charge in [0.05, 0.1) is 19.3 Å². The maximum Gasteiger partial charge on any atom is 0.0672 e. The van der Waals surface area contributed by atoms with Gasteiger partial charge in [0.1, 0.15) is 0 Å². The molecule has 2 fully saturated rings. The fourth-order valence-electron chi connectivity index (χ4n) is 2.91. The van der Waals surface area contributed by atoms with Crippen molar-refractivity contribution in [1.29, 1.82) is 0 Å². The fourth-order valence-corrected chi connectivity index (χ4v) is 2.91. The molecule has 1 N–H and O–H groups in total. The van der Waals surface area contributed by atoms with Crippen LogP contribution in [0, 0.1) is 23.7 Å². The molecule has 1 aliphatic heterocycles. The lowest BCUT2D eigenvalue weighted by molar-refractivity contribution is 0.0884. The summed E-state index contributed by atoms with van der Waals surface area (Å²) in [5, 5.41) is 9.72. The summed E-state index contributed by atoms with van der Waals surface area (Å²) in [6.07, 6.45) is 4.25. The summed E-state index contributed by atoms with van der Waals surface area (Å²) in [7, 11) is 0. The van der Waals surface area contributed by atoms with Crippen molar-refractivity contribution in [2.45, 2.75) is 6.10 Å². The summed E-state index contributed by atoms with van der Waals surface area (Å²) < 4.78 is 5.39. The Morgan fingerprint density at radius 3 is 2.18 bits per heavy atom. The van der Waals surface area contributed by atoms with Gasteiger partial charge in [-0.15, -0.1) is 0 Å². The topological polar surface area (TPSA) is 29.5 Å². The molecule has 3 rings (SSSR count). The van der Waals surface area contributed by atoms with Crippen molar-refractivity contribution in [1.82, 2.24) is 0 Å². The molecule has 1 saturated heterocycles. The summed E-state index contributed by atoms with van der Waals surface area (Å²) in [5.74, 6) is 2.07. The van der Waals surface area contributed by atoms with E-state index in [0.717, 1.165) is 13.2 Å². The Hall–Kier alpha value is -0.340. The smallest absolute Gasteiger partial charge is 0.0672 e. The van der Waals surface area contributed by atoms with Crippen LogP contribution in [0.25, 0.3) is 0 Å². The molecule has 0 aromatic heterocycles. The van der Waals surface area contributed by atoms with Gasteiger partial charge in [-0.2, -0.15) is 0 Å². The van der Waals surface area contributed by atoms with Gasteiger partial charge in [-0.1, -0.05) is 12.2 Å². The number of ether oxygens (including phenoxy) is 1. The van der Waals surface area contributed by atoms with Gasteiger partial charge in [0.15, 0.2) is 0 Å². The lowest BCUT2D eigenvalue weighted by Crippen LogP contribution is -2.17. The molecule has 2 nitrogen and oxygen atoms in total. The molecule has 0 aromatic rings. The zero-order valence-corrected chi connectivity index (χ0v) is 6.31. The van der Waals surface area contributed by atoms with E-state index in [9.17, 15) is 5.11 Å². The van der Waals surface area contributed by atoms with Gasteiger partial charge in [0.2, 0.25) is 0 Å². The van der Waals surface area contributed by atoms with E-state index in [1.807, 2.05) is 0 Å². The minimum Gasteiger partial charge on any atom is -0.392 e. The molecule has 2 aliphatic carbocycles. The maximum absolute atomic E-state index is 9.72. The fraction of sp³-hybridized carbons (Fsp3) is 0.778. The number of hydrogen-bond acceptors (Lipinski definition) is 2. The van der Waals surface area contributed by atoms with Gasteiger partial charge in [-0.05, 0) is 11.8 Å². The lowest BCUT2D eigenvalue weighted by atomic mass is 9.86. The average Bonchev–Trinajstić information content (AvgIpc) is 2.61. The van der Waals surface area contributed by atoms with Crippen LogP contribution in [0.15, 0.2) is 12.2 Å². The summed E-state index contributed by atoms with van der Waals surface area (Å²) >= 11 is 0. The van der Waals surface area contributed by atoms with Gasteiger partial charge >= 0.3 is 0 Å². The molecule has 0 amide bonds. The van der Waals surface area contributed by atoms with E-state index in [1.54, 1.807) is 0 Å². The standard InChI is InChI=1S/C9H12O2/c10-9-5-1-2-6(9)8-4-11-3-7(5)8/h1-2,5-10H,3-4H2/t5-,6-,7+,8+/m0/s1. The maximum atomic E-state index is 9.72. The summed E-state index contributed by atoms with van der Waals surface area (Å²) in [6, 6.07) is 0. The molecule has 0 unspecified atom stereocenters. The number of rotatable bonds is 0. The Morgan fingerprint density at radius 2 is 1.64 bits per heavy atom. The van der Waals surface area contributed by atoms with Crippen molar-refractivity contribution in [3.05, 3.63) is 12.2 Å². The van der Waals surface area contributed by atoms with E-state index in [4.69, 9.17) is 4.74 Å². The highest BCUT2D eigenvalue weighted by Gasteiger charge is 2.53. The van der Waals surface area contributed by atoms with Gasteiger partial charge in [-0.25, -0.2) is 0 Å². The van der Waals surface area contributed by atoms with Gasteiger partial charge in [0.25, 0.3) is 0 Å². The third-order valence-electron chi connectivity index (χ3n) is 3.50. The molecule has 2 heteroatoms. The molecular weight excluding hydrogens is 140 g/mol. The van der Waals surface area contributed by atoms with E-state index in [0.29, 0.717) is 23.7 Å². The van der Waals surface area contributed by atoms with Gasteiger partial charge in [0, 0.05) is 11.8 Å². The van der Waals surface area contributed by atoms with Crippen LogP contribution in [0.2, 0.25) is 0 Å². The van der Waals surface area contributed by atoms with E-state index < -0.39 is 0 Å². The van der Waals surface area contributed by atoms with Crippen molar-refractivity contribution < 1.29 is 9.84 Å². The molecule has 1 heterocycles. The predicted molar refractivity (Wildman–Crippen MR) is 39.9 cm³/mol. The highest BCUT2D eigenvalue weighted by atomic mass is 16.5. The zero-order valence-electron chi connectivity index (χ0n) is 6.31. The third-order valence-corrected chi connectivity index (χ3v) is 3.50. The first-order valence-corrected chi connectivity index (χ1v) is 4.32. The van der Waals surface area contributed by atoms with Crippen LogP contribution in [0.5, 0.6) is 0 Å². The molecule has 2 bridgehead atoms. The van der Waals surface area contributed by atoms with Crippen molar-refractivity contribution in [3.8, 4) is 0 Å². The number of aliphatic hydroxyl groups is 1. The molecule has 0 radical (unpaired) electrons. The van der Waals surface area contributed by atoms with Crippen LogP contribution in [-0.4, -0.2) is 24.4 Å². The quantitative estimate of drug-likeness (QED) is 0.510. The van der Waals surface area contributed by atoms with Crippen molar-refractivity contribution >= 4 is 0 Å². The summed E-state index contributed by atoms with van der Waals surface area (Å²) in [4.78, 5) is 0. The second-order valence-corrected chi connectivity index (χ2v) is 3.90. The average molecular weight is 152 g/mol. The highest BCUT2D eigenvalue weighted by molar-refractivity contribution is 5.19. The van der Waals surface area contributed by atoms with Crippen molar-refractivity contribution in [2.75, 3.05) is 13.2 Å². The van der Waals surface area contributed by atoms with Crippen LogP contribution in [-0.2, 0) is 4.74 Å². The SMILES string of the molecule is OC1[C@H]2C=C[C@H]1[C@H]1COC[C@@H]12. The molecule has 11 heavy (non-hydrogen) atoms. The Kier molecular flexibility index (Phi) is 1.06. The van der Waals surface area contributed by atoms with E-state index in [2.05, 4.69) is 12.2 Å². The molecule has 1 saturated carbocycles. The predicted octanol–water partition coefficient (Wildman–Crippen LogP) is 0.426. The van der Waals surface area contributed by atoms with Crippen LogP contribution in [0.1, 0.15) is 0 Å². The molecular formula is C9H12O2. The minimum atomic E-state index is -0.0890. The minimum absolute atomic E-state index is 0.0890. The summed E-state index contributed by atoms with van der Waals surface area (Å²) in [6.45, 7) is 1.74. The monoisotopic (exact) mass is 152 g/mol.